The van der Waals surface area contributed by atoms with Crippen LogP contribution >= 0.6 is 0 Å². The summed E-state index contributed by atoms with van der Waals surface area (Å²) in [4.78, 5) is 0. The van der Waals surface area contributed by atoms with Gasteiger partial charge in [0.15, 0.2) is 0 Å². The van der Waals surface area contributed by atoms with Crippen molar-refractivity contribution in [3.8, 4) is 0 Å². The molecule has 0 aromatic rings. The minimum absolute atomic E-state index is 0.0149. The molecule has 2 saturated heterocycles. The lowest BCUT2D eigenvalue weighted by Gasteiger charge is -2.30. The molecule has 19 heavy (non-hydrogen) atoms. The average molecular weight is 289 g/mol. The highest BCUT2D eigenvalue weighted by atomic mass is 32.2. The molecular formula is C13H27N3O2S. The number of hydrogen-bond donors (Lipinski definition) is 2. The summed E-state index contributed by atoms with van der Waals surface area (Å²) in [6, 6.07) is 0.0149. The highest BCUT2D eigenvalue weighted by Crippen LogP contribution is 2.17. The van der Waals surface area contributed by atoms with Crippen molar-refractivity contribution >= 4 is 10.2 Å². The number of hydrogen-bond acceptors (Lipinski definition) is 3. The first-order chi connectivity index (χ1) is 9.09. The molecule has 112 valence electrons. The van der Waals surface area contributed by atoms with Crippen LogP contribution in [0.5, 0.6) is 0 Å². The quantitative estimate of drug-likeness (QED) is 0.814. The molecule has 0 radical (unpaired) electrons. The molecule has 2 fully saturated rings. The van der Waals surface area contributed by atoms with Crippen molar-refractivity contribution in [3.63, 3.8) is 0 Å². The standard InChI is InChI=1S/C13H27N3O2S/c1-12(13-7-6-8-14-11-13)15-19(17,18)16-9-4-2-3-5-10-16/h12-15H,2-11H2,1H3. The molecule has 0 aliphatic carbocycles. The van der Waals surface area contributed by atoms with Gasteiger partial charge in [-0.25, -0.2) is 0 Å². The molecule has 2 atom stereocenters. The van der Waals surface area contributed by atoms with E-state index >= 15 is 0 Å². The molecule has 2 N–H and O–H groups in total. The van der Waals surface area contributed by atoms with E-state index in [-0.39, 0.29) is 6.04 Å². The molecule has 0 amide bonds. The fraction of sp³-hybridized carbons (Fsp3) is 1.00. The highest BCUT2D eigenvalue weighted by molar-refractivity contribution is 7.87. The molecule has 0 aromatic heterocycles. The van der Waals surface area contributed by atoms with Crippen LogP contribution in [0.25, 0.3) is 0 Å². The van der Waals surface area contributed by atoms with E-state index in [1.54, 1.807) is 4.31 Å². The summed E-state index contributed by atoms with van der Waals surface area (Å²) in [5.41, 5.74) is 0. The summed E-state index contributed by atoms with van der Waals surface area (Å²) >= 11 is 0. The predicted octanol–water partition coefficient (Wildman–Crippen LogP) is 1.08. The van der Waals surface area contributed by atoms with Crippen molar-refractivity contribution < 1.29 is 8.42 Å². The largest absolute Gasteiger partial charge is 0.316 e. The van der Waals surface area contributed by atoms with Crippen molar-refractivity contribution in [1.29, 1.82) is 0 Å². The SMILES string of the molecule is CC(NS(=O)(=O)N1CCCCCC1)C1CCCNC1. The van der Waals surface area contributed by atoms with Crippen molar-refractivity contribution in [3.05, 3.63) is 0 Å². The zero-order chi connectivity index (χ0) is 13.7. The van der Waals surface area contributed by atoms with E-state index in [2.05, 4.69) is 10.0 Å². The Morgan fingerprint density at radius 2 is 1.84 bits per heavy atom. The van der Waals surface area contributed by atoms with Crippen LogP contribution < -0.4 is 10.0 Å². The van der Waals surface area contributed by atoms with Crippen LogP contribution in [0.4, 0.5) is 0 Å². The van der Waals surface area contributed by atoms with Crippen LogP contribution in [0.3, 0.4) is 0 Å². The van der Waals surface area contributed by atoms with E-state index in [1.807, 2.05) is 6.92 Å². The van der Waals surface area contributed by atoms with Gasteiger partial charge < -0.3 is 5.32 Å². The Kier molecular flexibility index (Phi) is 5.62. The van der Waals surface area contributed by atoms with Crippen molar-refractivity contribution in [2.45, 2.75) is 51.5 Å². The Hall–Kier alpha value is -0.170. The third-order valence-corrected chi connectivity index (χ3v) is 6.00. The van der Waals surface area contributed by atoms with Gasteiger partial charge in [-0.05, 0) is 51.6 Å². The van der Waals surface area contributed by atoms with Crippen LogP contribution in [0.2, 0.25) is 0 Å². The topological polar surface area (TPSA) is 61.4 Å². The Labute approximate surface area is 117 Å². The lowest BCUT2D eigenvalue weighted by atomic mass is 9.94. The number of rotatable bonds is 4. The molecule has 6 heteroatoms. The normalized spacial score (nSPS) is 28.8. The smallest absolute Gasteiger partial charge is 0.279 e. The molecule has 2 heterocycles. The summed E-state index contributed by atoms with van der Waals surface area (Å²) in [5, 5.41) is 3.34. The van der Waals surface area contributed by atoms with Gasteiger partial charge in [-0.1, -0.05) is 12.8 Å². The molecule has 2 aliphatic rings. The third kappa shape index (κ3) is 4.41. The molecule has 5 nitrogen and oxygen atoms in total. The first-order valence-electron chi connectivity index (χ1n) is 7.58. The Bertz CT molecular complexity index is 358. The van der Waals surface area contributed by atoms with Crippen LogP contribution in [0.15, 0.2) is 0 Å². The average Bonchev–Trinajstić information content (AvgIpc) is 2.68. The fourth-order valence-electron chi connectivity index (χ4n) is 2.99. The predicted molar refractivity (Wildman–Crippen MR) is 77.2 cm³/mol. The fourth-order valence-corrected chi connectivity index (χ4v) is 4.54. The van der Waals surface area contributed by atoms with E-state index in [0.717, 1.165) is 51.6 Å². The molecular weight excluding hydrogens is 262 g/mol. The van der Waals surface area contributed by atoms with Gasteiger partial charge >= 0.3 is 0 Å². The summed E-state index contributed by atoms with van der Waals surface area (Å²) in [5.74, 6) is 0.413. The van der Waals surface area contributed by atoms with Gasteiger partial charge in [-0.3, -0.25) is 0 Å². The second kappa shape index (κ2) is 7.02. The summed E-state index contributed by atoms with van der Waals surface area (Å²) in [7, 11) is -3.30. The lowest BCUT2D eigenvalue weighted by Crippen LogP contribution is -2.49. The van der Waals surface area contributed by atoms with Crippen molar-refractivity contribution in [2.24, 2.45) is 5.92 Å². The number of piperidine rings is 1. The van der Waals surface area contributed by atoms with Gasteiger partial charge in [0.1, 0.15) is 0 Å². The minimum Gasteiger partial charge on any atom is -0.316 e. The van der Waals surface area contributed by atoms with Crippen LogP contribution in [-0.4, -0.2) is 44.9 Å². The Morgan fingerprint density at radius 3 is 2.42 bits per heavy atom. The third-order valence-electron chi connectivity index (χ3n) is 4.28. The zero-order valence-corrected chi connectivity index (χ0v) is 12.7. The monoisotopic (exact) mass is 289 g/mol. The Balaban J connectivity index is 1.91. The van der Waals surface area contributed by atoms with E-state index in [9.17, 15) is 8.42 Å². The van der Waals surface area contributed by atoms with Gasteiger partial charge in [-0.15, -0.1) is 0 Å². The van der Waals surface area contributed by atoms with Crippen LogP contribution in [0, 0.1) is 5.92 Å². The summed E-state index contributed by atoms with van der Waals surface area (Å²) < 4.78 is 29.3. The highest BCUT2D eigenvalue weighted by Gasteiger charge is 2.28. The van der Waals surface area contributed by atoms with Crippen molar-refractivity contribution in [2.75, 3.05) is 26.2 Å². The minimum atomic E-state index is -3.30. The van der Waals surface area contributed by atoms with E-state index in [0.29, 0.717) is 19.0 Å². The van der Waals surface area contributed by atoms with E-state index in [1.165, 1.54) is 0 Å². The maximum Gasteiger partial charge on any atom is 0.279 e. The maximum absolute atomic E-state index is 12.4. The molecule has 0 saturated carbocycles. The molecule has 2 unspecified atom stereocenters. The molecule has 2 rings (SSSR count). The van der Waals surface area contributed by atoms with Crippen molar-refractivity contribution in [1.82, 2.24) is 14.3 Å². The van der Waals surface area contributed by atoms with E-state index in [4.69, 9.17) is 0 Å². The van der Waals surface area contributed by atoms with Gasteiger partial charge in [0.2, 0.25) is 0 Å². The van der Waals surface area contributed by atoms with Gasteiger partial charge in [-0.2, -0.15) is 17.4 Å². The van der Waals surface area contributed by atoms with Gasteiger partial charge in [0.05, 0.1) is 0 Å². The van der Waals surface area contributed by atoms with Gasteiger partial charge in [0.25, 0.3) is 10.2 Å². The lowest BCUT2D eigenvalue weighted by molar-refractivity contribution is 0.312. The number of nitrogens with zero attached hydrogens (tertiary/aromatic N) is 1. The van der Waals surface area contributed by atoms with E-state index < -0.39 is 10.2 Å². The first kappa shape index (κ1) is 15.2. The first-order valence-corrected chi connectivity index (χ1v) is 9.02. The summed E-state index contributed by atoms with van der Waals surface area (Å²) in [6.07, 6.45) is 6.51. The zero-order valence-electron chi connectivity index (χ0n) is 11.9. The summed E-state index contributed by atoms with van der Waals surface area (Å²) in [6.45, 7) is 5.31. The van der Waals surface area contributed by atoms with Crippen LogP contribution in [0.1, 0.15) is 45.4 Å². The number of nitrogens with one attached hydrogen (secondary N) is 2. The maximum atomic E-state index is 12.4. The van der Waals surface area contributed by atoms with Gasteiger partial charge in [0, 0.05) is 19.1 Å². The van der Waals surface area contributed by atoms with Crippen LogP contribution in [-0.2, 0) is 10.2 Å². The molecule has 0 spiro atoms. The molecule has 0 bridgehead atoms. The second-order valence-corrected chi connectivity index (χ2v) is 7.53. The second-order valence-electron chi connectivity index (χ2n) is 5.83. The molecule has 0 aromatic carbocycles. The Morgan fingerprint density at radius 1 is 1.16 bits per heavy atom. The molecule has 2 aliphatic heterocycles.